The molecule has 0 radical (unpaired) electrons. The van der Waals surface area contributed by atoms with E-state index in [4.69, 9.17) is 0 Å². The SMILES string of the molecule is CCc1ccc(N2C(=O)c3ccccc3C2=O)cc1. The van der Waals surface area contributed by atoms with Crippen LogP contribution in [0.5, 0.6) is 0 Å². The smallest absolute Gasteiger partial charge is 0.266 e. The van der Waals surface area contributed by atoms with Crippen LogP contribution in [0.15, 0.2) is 48.5 Å². The summed E-state index contributed by atoms with van der Waals surface area (Å²) >= 11 is 0. The van der Waals surface area contributed by atoms with Crippen LogP contribution in [0.1, 0.15) is 33.2 Å². The molecule has 2 amide bonds. The van der Waals surface area contributed by atoms with Gasteiger partial charge in [-0.15, -0.1) is 0 Å². The van der Waals surface area contributed by atoms with Crippen molar-refractivity contribution < 1.29 is 9.59 Å². The molecule has 0 unspecified atom stereocenters. The van der Waals surface area contributed by atoms with Crippen LogP contribution in [0.25, 0.3) is 0 Å². The molecular weight excluding hydrogens is 238 g/mol. The number of hydrogen-bond acceptors (Lipinski definition) is 2. The Bertz CT molecular complexity index is 624. The first-order chi connectivity index (χ1) is 9.22. The summed E-state index contributed by atoms with van der Waals surface area (Å²) in [5.74, 6) is -0.491. The van der Waals surface area contributed by atoms with Crippen molar-refractivity contribution in [2.45, 2.75) is 13.3 Å². The van der Waals surface area contributed by atoms with E-state index in [9.17, 15) is 9.59 Å². The zero-order valence-corrected chi connectivity index (χ0v) is 10.6. The molecule has 3 heteroatoms. The number of rotatable bonds is 2. The third-order valence-corrected chi connectivity index (χ3v) is 3.40. The van der Waals surface area contributed by atoms with Crippen LogP contribution < -0.4 is 4.90 Å². The summed E-state index contributed by atoms with van der Waals surface area (Å²) in [4.78, 5) is 25.8. The van der Waals surface area contributed by atoms with Gasteiger partial charge < -0.3 is 0 Å². The van der Waals surface area contributed by atoms with Gasteiger partial charge in [0.1, 0.15) is 0 Å². The Balaban J connectivity index is 2.03. The van der Waals surface area contributed by atoms with Crippen molar-refractivity contribution in [3.63, 3.8) is 0 Å². The Morgan fingerprint density at radius 2 is 1.37 bits per heavy atom. The molecule has 3 nitrogen and oxygen atoms in total. The highest BCUT2D eigenvalue weighted by atomic mass is 16.2. The first-order valence-electron chi connectivity index (χ1n) is 6.29. The van der Waals surface area contributed by atoms with Crippen LogP contribution in [0.4, 0.5) is 5.69 Å². The number of hydrogen-bond donors (Lipinski definition) is 0. The molecule has 1 aliphatic rings. The predicted octanol–water partition coefficient (Wildman–Crippen LogP) is 3.05. The fourth-order valence-corrected chi connectivity index (χ4v) is 2.30. The number of fused-ring (bicyclic) bond motifs is 1. The van der Waals surface area contributed by atoms with Crippen molar-refractivity contribution in [3.8, 4) is 0 Å². The minimum atomic E-state index is -0.246. The van der Waals surface area contributed by atoms with Crippen molar-refractivity contribution in [2.24, 2.45) is 0 Å². The van der Waals surface area contributed by atoms with Crippen LogP contribution in [0, 0.1) is 0 Å². The van der Waals surface area contributed by atoms with E-state index in [1.807, 2.05) is 24.3 Å². The maximum absolute atomic E-state index is 12.3. The molecule has 0 saturated carbocycles. The van der Waals surface area contributed by atoms with Crippen LogP contribution in [0.3, 0.4) is 0 Å². The summed E-state index contributed by atoms with van der Waals surface area (Å²) in [5.41, 5.74) is 2.77. The van der Waals surface area contributed by atoms with Gasteiger partial charge in [-0.25, -0.2) is 4.90 Å². The summed E-state index contributed by atoms with van der Waals surface area (Å²) in [6, 6.07) is 14.5. The third kappa shape index (κ3) is 1.74. The van der Waals surface area contributed by atoms with Crippen molar-refractivity contribution in [1.82, 2.24) is 0 Å². The minimum absolute atomic E-state index is 0.246. The van der Waals surface area contributed by atoms with Gasteiger partial charge in [-0.05, 0) is 36.2 Å². The highest BCUT2D eigenvalue weighted by Crippen LogP contribution is 2.28. The first-order valence-corrected chi connectivity index (χ1v) is 6.29. The van der Waals surface area contributed by atoms with E-state index in [1.54, 1.807) is 24.3 Å². The molecule has 0 aliphatic carbocycles. The molecule has 2 aromatic carbocycles. The van der Waals surface area contributed by atoms with E-state index in [2.05, 4.69) is 6.92 Å². The van der Waals surface area contributed by atoms with Crippen molar-refractivity contribution in [2.75, 3.05) is 4.90 Å². The molecular formula is C16H13NO2. The van der Waals surface area contributed by atoms with Crippen molar-refractivity contribution >= 4 is 17.5 Å². The van der Waals surface area contributed by atoms with Gasteiger partial charge in [0, 0.05) is 0 Å². The monoisotopic (exact) mass is 251 g/mol. The molecule has 0 saturated heterocycles. The summed E-state index contributed by atoms with van der Waals surface area (Å²) in [6.45, 7) is 2.07. The van der Waals surface area contributed by atoms with Crippen LogP contribution >= 0.6 is 0 Å². The molecule has 0 aromatic heterocycles. The lowest BCUT2D eigenvalue weighted by molar-refractivity contribution is 0.0926. The fourth-order valence-electron chi connectivity index (χ4n) is 2.30. The Hall–Kier alpha value is -2.42. The molecule has 0 atom stereocenters. The van der Waals surface area contributed by atoms with E-state index >= 15 is 0 Å². The Morgan fingerprint density at radius 1 is 0.842 bits per heavy atom. The van der Waals surface area contributed by atoms with Crippen molar-refractivity contribution in [1.29, 1.82) is 0 Å². The highest BCUT2D eigenvalue weighted by Gasteiger charge is 2.36. The van der Waals surface area contributed by atoms with Crippen LogP contribution in [-0.4, -0.2) is 11.8 Å². The van der Waals surface area contributed by atoms with Gasteiger partial charge in [0.15, 0.2) is 0 Å². The molecule has 1 heterocycles. The van der Waals surface area contributed by atoms with Gasteiger partial charge in [0.05, 0.1) is 16.8 Å². The normalized spacial score (nSPS) is 13.8. The maximum atomic E-state index is 12.3. The molecule has 19 heavy (non-hydrogen) atoms. The average molecular weight is 251 g/mol. The molecule has 2 aromatic rings. The lowest BCUT2D eigenvalue weighted by atomic mass is 10.1. The van der Waals surface area contributed by atoms with Gasteiger partial charge in [-0.3, -0.25) is 9.59 Å². The summed E-state index contributed by atoms with van der Waals surface area (Å²) in [5, 5.41) is 0. The predicted molar refractivity (Wildman–Crippen MR) is 73.4 cm³/mol. The Kier molecular flexibility index (Phi) is 2.67. The number of aryl methyl sites for hydroxylation is 1. The van der Waals surface area contributed by atoms with E-state index < -0.39 is 0 Å². The molecule has 0 spiro atoms. The molecule has 94 valence electrons. The van der Waals surface area contributed by atoms with Gasteiger partial charge in [-0.2, -0.15) is 0 Å². The van der Waals surface area contributed by atoms with Gasteiger partial charge in [0.2, 0.25) is 0 Å². The second-order valence-corrected chi connectivity index (χ2v) is 4.51. The van der Waals surface area contributed by atoms with Gasteiger partial charge in [-0.1, -0.05) is 31.2 Å². The Labute approximate surface area is 111 Å². The number of carbonyl (C=O) groups is 2. The lowest BCUT2D eigenvalue weighted by Gasteiger charge is -2.14. The first kappa shape index (κ1) is 11.7. The molecule has 0 fully saturated rings. The average Bonchev–Trinajstić information content (AvgIpc) is 2.72. The van der Waals surface area contributed by atoms with Crippen LogP contribution in [-0.2, 0) is 6.42 Å². The van der Waals surface area contributed by atoms with Crippen molar-refractivity contribution in [3.05, 3.63) is 65.2 Å². The summed E-state index contributed by atoms with van der Waals surface area (Å²) in [7, 11) is 0. The third-order valence-electron chi connectivity index (χ3n) is 3.40. The second-order valence-electron chi connectivity index (χ2n) is 4.51. The van der Waals surface area contributed by atoms with E-state index in [1.165, 1.54) is 10.5 Å². The number of carbonyl (C=O) groups excluding carboxylic acids is 2. The topological polar surface area (TPSA) is 37.4 Å². The number of benzene rings is 2. The molecule has 0 N–H and O–H groups in total. The summed E-state index contributed by atoms with van der Waals surface area (Å²) < 4.78 is 0. The van der Waals surface area contributed by atoms with Crippen LogP contribution in [0.2, 0.25) is 0 Å². The van der Waals surface area contributed by atoms with Gasteiger partial charge >= 0.3 is 0 Å². The number of nitrogens with zero attached hydrogens (tertiary/aromatic N) is 1. The Morgan fingerprint density at radius 3 is 1.84 bits per heavy atom. The number of anilines is 1. The molecule has 1 aliphatic heterocycles. The largest absolute Gasteiger partial charge is 0.268 e. The minimum Gasteiger partial charge on any atom is -0.268 e. The van der Waals surface area contributed by atoms with E-state index in [0.29, 0.717) is 16.8 Å². The zero-order chi connectivity index (χ0) is 13.4. The molecule has 3 rings (SSSR count). The summed E-state index contributed by atoms with van der Waals surface area (Å²) in [6.07, 6.45) is 0.933. The standard InChI is InChI=1S/C16H13NO2/c1-2-11-7-9-12(10-8-11)17-15(18)13-5-3-4-6-14(13)16(17)19/h3-10H,2H2,1H3. The van der Waals surface area contributed by atoms with E-state index in [0.717, 1.165) is 6.42 Å². The second kappa shape index (κ2) is 4.35. The molecule has 0 bridgehead atoms. The maximum Gasteiger partial charge on any atom is 0.266 e. The van der Waals surface area contributed by atoms with E-state index in [-0.39, 0.29) is 11.8 Å². The highest BCUT2D eigenvalue weighted by molar-refractivity contribution is 6.34. The number of imide groups is 1. The number of amides is 2. The van der Waals surface area contributed by atoms with Gasteiger partial charge in [0.25, 0.3) is 11.8 Å². The quantitative estimate of drug-likeness (QED) is 0.769. The fraction of sp³-hybridized carbons (Fsp3) is 0.125. The zero-order valence-electron chi connectivity index (χ0n) is 10.6. The lowest BCUT2D eigenvalue weighted by Crippen LogP contribution is -2.29.